The fourth-order valence-corrected chi connectivity index (χ4v) is 3.24. The molecule has 2 heterocycles. The topological polar surface area (TPSA) is 51.0 Å². The Morgan fingerprint density at radius 3 is 2.83 bits per heavy atom. The van der Waals surface area contributed by atoms with Crippen molar-refractivity contribution in [2.45, 2.75) is 18.1 Å². The lowest BCUT2D eigenvalue weighted by molar-refractivity contribution is 0.421. The van der Waals surface area contributed by atoms with E-state index in [0.29, 0.717) is 11.1 Å². The van der Waals surface area contributed by atoms with Crippen LogP contribution in [0.3, 0.4) is 0 Å². The molecule has 4 nitrogen and oxygen atoms in total. The highest BCUT2D eigenvalue weighted by Crippen LogP contribution is 2.38. The predicted molar refractivity (Wildman–Crippen MR) is 73.7 cm³/mol. The molecule has 1 atom stereocenters. The van der Waals surface area contributed by atoms with Gasteiger partial charge in [-0.05, 0) is 42.9 Å². The molecule has 0 aliphatic carbocycles. The molecule has 18 heavy (non-hydrogen) atoms. The first-order valence-electron chi connectivity index (χ1n) is 6.10. The van der Waals surface area contributed by atoms with Crippen molar-refractivity contribution in [1.29, 1.82) is 0 Å². The highest BCUT2D eigenvalue weighted by Gasteiger charge is 2.23. The first-order chi connectivity index (χ1) is 8.86. The van der Waals surface area contributed by atoms with Gasteiger partial charge in [0.25, 0.3) is 5.89 Å². The van der Waals surface area contributed by atoms with Crippen molar-refractivity contribution in [1.82, 2.24) is 10.1 Å². The quantitative estimate of drug-likeness (QED) is 0.918. The Labute approximate surface area is 110 Å². The number of hydrogen-bond donors (Lipinski definition) is 1. The number of anilines is 1. The second-order valence-electron chi connectivity index (χ2n) is 4.29. The van der Waals surface area contributed by atoms with Gasteiger partial charge in [-0.3, -0.25) is 0 Å². The summed E-state index contributed by atoms with van der Waals surface area (Å²) in [7, 11) is 1.90. The molecule has 1 aromatic heterocycles. The fraction of sp³-hybridized carbons (Fsp3) is 0.385. The average Bonchev–Trinajstić information content (AvgIpc) is 3.09. The fourth-order valence-electron chi connectivity index (χ4n) is 2.04. The maximum absolute atomic E-state index is 5.34. The number of rotatable bonds is 3. The van der Waals surface area contributed by atoms with Gasteiger partial charge in [0.1, 0.15) is 0 Å². The van der Waals surface area contributed by atoms with E-state index in [9.17, 15) is 0 Å². The van der Waals surface area contributed by atoms with Crippen molar-refractivity contribution >= 4 is 17.4 Å². The van der Waals surface area contributed by atoms with Crippen molar-refractivity contribution in [2.75, 3.05) is 18.1 Å². The van der Waals surface area contributed by atoms with E-state index in [1.54, 1.807) is 0 Å². The van der Waals surface area contributed by atoms with Gasteiger partial charge >= 0.3 is 0 Å². The Balaban J connectivity index is 1.82. The summed E-state index contributed by atoms with van der Waals surface area (Å²) in [6.07, 6.45) is 2.40. The van der Waals surface area contributed by atoms with E-state index in [1.807, 2.05) is 43.1 Å². The number of nitrogens with one attached hydrogen (secondary N) is 1. The normalized spacial score (nSPS) is 19.1. The van der Waals surface area contributed by atoms with Gasteiger partial charge < -0.3 is 9.84 Å². The SMILES string of the molecule is CNc1ccc(-c2nc(C3CCCS3)no2)cc1. The van der Waals surface area contributed by atoms with Gasteiger partial charge in [-0.1, -0.05) is 5.16 Å². The van der Waals surface area contributed by atoms with E-state index in [1.165, 1.54) is 12.2 Å². The van der Waals surface area contributed by atoms with Crippen LogP contribution in [0.5, 0.6) is 0 Å². The molecule has 1 aromatic carbocycles. The van der Waals surface area contributed by atoms with Crippen LogP contribution in [0.4, 0.5) is 5.69 Å². The second kappa shape index (κ2) is 5.02. The monoisotopic (exact) mass is 261 g/mol. The third-order valence-corrected chi connectivity index (χ3v) is 4.45. The van der Waals surface area contributed by atoms with Crippen LogP contribution in [-0.4, -0.2) is 22.9 Å². The second-order valence-corrected chi connectivity index (χ2v) is 5.60. The molecule has 1 aliphatic rings. The molecule has 0 saturated carbocycles. The maximum atomic E-state index is 5.34. The number of hydrogen-bond acceptors (Lipinski definition) is 5. The maximum Gasteiger partial charge on any atom is 0.257 e. The lowest BCUT2D eigenvalue weighted by Gasteiger charge is -2.00. The molecule has 0 amide bonds. The van der Waals surface area contributed by atoms with E-state index in [0.717, 1.165) is 23.5 Å². The van der Waals surface area contributed by atoms with Gasteiger partial charge in [0, 0.05) is 18.3 Å². The summed E-state index contributed by atoms with van der Waals surface area (Å²) in [5.74, 6) is 2.65. The minimum atomic E-state index is 0.416. The third-order valence-electron chi connectivity index (χ3n) is 3.08. The van der Waals surface area contributed by atoms with Crippen LogP contribution in [0.25, 0.3) is 11.5 Å². The predicted octanol–water partition coefficient (Wildman–Crippen LogP) is 3.35. The smallest absolute Gasteiger partial charge is 0.257 e. The van der Waals surface area contributed by atoms with Crippen LogP contribution in [0, 0.1) is 0 Å². The van der Waals surface area contributed by atoms with Crippen molar-refractivity contribution in [3.8, 4) is 11.5 Å². The molecule has 1 aliphatic heterocycles. The third kappa shape index (κ3) is 2.22. The largest absolute Gasteiger partial charge is 0.388 e. The summed E-state index contributed by atoms with van der Waals surface area (Å²) in [5.41, 5.74) is 2.04. The summed E-state index contributed by atoms with van der Waals surface area (Å²) in [4.78, 5) is 4.50. The average molecular weight is 261 g/mol. The first kappa shape index (κ1) is 11.6. The summed E-state index contributed by atoms with van der Waals surface area (Å²) >= 11 is 1.92. The molecule has 5 heteroatoms. The Kier molecular flexibility index (Phi) is 3.23. The molecule has 2 aromatic rings. The van der Waals surface area contributed by atoms with Crippen LogP contribution in [-0.2, 0) is 0 Å². The molecule has 0 bridgehead atoms. The zero-order valence-electron chi connectivity index (χ0n) is 10.2. The molecule has 1 saturated heterocycles. The summed E-state index contributed by atoms with van der Waals surface area (Å²) in [5, 5.41) is 7.60. The molecule has 1 fully saturated rings. The molecule has 0 spiro atoms. The van der Waals surface area contributed by atoms with E-state index in [4.69, 9.17) is 4.52 Å². The Bertz CT molecular complexity index is 517. The molecular weight excluding hydrogens is 246 g/mol. The lowest BCUT2D eigenvalue weighted by atomic mass is 10.2. The Hall–Kier alpha value is -1.49. The number of aromatic nitrogens is 2. The van der Waals surface area contributed by atoms with E-state index in [-0.39, 0.29) is 0 Å². The minimum Gasteiger partial charge on any atom is -0.388 e. The zero-order valence-corrected chi connectivity index (χ0v) is 11.0. The number of nitrogens with zero attached hydrogens (tertiary/aromatic N) is 2. The number of thioether (sulfide) groups is 1. The number of benzene rings is 1. The Morgan fingerprint density at radius 2 is 2.17 bits per heavy atom. The lowest BCUT2D eigenvalue weighted by Crippen LogP contribution is -1.91. The van der Waals surface area contributed by atoms with Crippen molar-refractivity contribution in [2.24, 2.45) is 0 Å². The van der Waals surface area contributed by atoms with Crippen molar-refractivity contribution in [3.05, 3.63) is 30.1 Å². The molecule has 94 valence electrons. The first-order valence-corrected chi connectivity index (χ1v) is 7.15. The van der Waals surface area contributed by atoms with Gasteiger partial charge in [0.15, 0.2) is 5.82 Å². The summed E-state index contributed by atoms with van der Waals surface area (Å²) in [6.45, 7) is 0. The van der Waals surface area contributed by atoms with Crippen LogP contribution < -0.4 is 5.32 Å². The highest BCUT2D eigenvalue weighted by atomic mass is 32.2. The molecular formula is C13H15N3OS. The van der Waals surface area contributed by atoms with Crippen LogP contribution >= 0.6 is 11.8 Å². The molecule has 0 radical (unpaired) electrons. The Morgan fingerprint density at radius 1 is 1.33 bits per heavy atom. The molecule has 3 rings (SSSR count). The van der Waals surface area contributed by atoms with Gasteiger partial charge in [0.05, 0.1) is 5.25 Å². The standard InChI is InChI=1S/C13H15N3OS/c1-14-10-6-4-9(5-7-10)13-15-12(16-17-13)11-3-2-8-18-11/h4-7,11,14H,2-3,8H2,1H3. The minimum absolute atomic E-state index is 0.416. The molecule has 1 unspecified atom stereocenters. The van der Waals surface area contributed by atoms with Crippen molar-refractivity contribution < 1.29 is 4.52 Å². The van der Waals surface area contributed by atoms with Crippen LogP contribution in [0.1, 0.15) is 23.9 Å². The van der Waals surface area contributed by atoms with Gasteiger partial charge in [-0.15, -0.1) is 0 Å². The van der Waals surface area contributed by atoms with Gasteiger partial charge in [-0.2, -0.15) is 16.7 Å². The highest BCUT2D eigenvalue weighted by molar-refractivity contribution is 7.99. The van der Waals surface area contributed by atoms with Gasteiger partial charge in [0.2, 0.25) is 0 Å². The van der Waals surface area contributed by atoms with E-state index in [2.05, 4.69) is 15.5 Å². The summed E-state index contributed by atoms with van der Waals surface area (Å²) < 4.78 is 5.34. The molecule has 1 N–H and O–H groups in total. The van der Waals surface area contributed by atoms with E-state index < -0.39 is 0 Å². The van der Waals surface area contributed by atoms with Crippen LogP contribution in [0.2, 0.25) is 0 Å². The van der Waals surface area contributed by atoms with Gasteiger partial charge in [-0.25, -0.2) is 0 Å². The van der Waals surface area contributed by atoms with Crippen LogP contribution in [0.15, 0.2) is 28.8 Å². The summed E-state index contributed by atoms with van der Waals surface area (Å²) in [6, 6.07) is 7.99. The zero-order chi connectivity index (χ0) is 12.4. The van der Waals surface area contributed by atoms with Crippen molar-refractivity contribution in [3.63, 3.8) is 0 Å². The van der Waals surface area contributed by atoms with E-state index >= 15 is 0 Å².